The number of carboxylic acids is 1. The highest BCUT2D eigenvalue weighted by Crippen LogP contribution is 2.37. The van der Waals surface area contributed by atoms with Crippen molar-refractivity contribution in [1.82, 2.24) is 0 Å². The number of hydrogen-bond donors (Lipinski definition) is 2. The fraction of sp³-hybridized carbons (Fsp3) is 0.188. The van der Waals surface area contributed by atoms with Gasteiger partial charge in [-0.15, -0.1) is 0 Å². The third kappa shape index (κ3) is 2.78. The van der Waals surface area contributed by atoms with Crippen molar-refractivity contribution in [2.24, 2.45) is 0 Å². The first-order valence-electron chi connectivity index (χ1n) is 6.63. The van der Waals surface area contributed by atoms with Gasteiger partial charge in [-0.25, -0.2) is 4.79 Å². The molecule has 0 saturated heterocycles. The lowest BCUT2D eigenvalue weighted by Crippen LogP contribution is -2.08. The summed E-state index contributed by atoms with van der Waals surface area (Å²) in [5.74, 6) is -1.02. The van der Waals surface area contributed by atoms with Gasteiger partial charge in [0.05, 0.1) is 16.6 Å². The Morgan fingerprint density at radius 2 is 2.14 bits per heavy atom. The molecule has 1 aliphatic carbocycles. The summed E-state index contributed by atoms with van der Waals surface area (Å²) in [7, 11) is 0. The lowest BCUT2D eigenvalue weighted by atomic mass is 10.1. The van der Waals surface area contributed by atoms with Crippen LogP contribution in [-0.4, -0.2) is 11.1 Å². The molecule has 0 spiro atoms. The molecule has 2 aromatic rings. The van der Waals surface area contributed by atoms with Crippen molar-refractivity contribution in [2.75, 3.05) is 5.32 Å². The minimum atomic E-state index is -1.02. The summed E-state index contributed by atoms with van der Waals surface area (Å²) in [6, 6.07) is 11.4. The largest absolute Gasteiger partial charge is 0.478 e. The van der Waals surface area contributed by atoms with E-state index < -0.39 is 5.97 Å². The Morgan fingerprint density at radius 1 is 1.33 bits per heavy atom. The Morgan fingerprint density at radius 3 is 2.90 bits per heavy atom. The van der Waals surface area contributed by atoms with Gasteiger partial charge in [0.25, 0.3) is 0 Å². The summed E-state index contributed by atoms with van der Waals surface area (Å²) in [6.45, 7) is 0. The van der Waals surface area contributed by atoms with Crippen LogP contribution in [0.5, 0.6) is 0 Å². The molecule has 3 nitrogen and oxygen atoms in total. The predicted molar refractivity (Wildman–Crippen MR) is 87.2 cm³/mol. The van der Waals surface area contributed by atoms with Gasteiger partial charge in [0, 0.05) is 10.2 Å². The average Bonchev–Trinajstić information content (AvgIpc) is 2.85. The van der Waals surface area contributed by atoms with E-state index >= 15 is 0 Å². The number of carboxylic acid groups (broad SMARTS) is 1. The summed E-state index contributed by atoms with van der Waals surface area (Å²) in [4.78, 5) is 11.1. The fourth-order valence-electron chi connectivity index (χ4n) is 2.74. The van der Waals surface area contributed by atoms with Gasteiger partial charge in [-0.05, 0) is 48.2 Å². The Bertz CT molecular complexity index is 717. The van der Waals surface area contributed by atoms with Crippen LogP contribution in [0.3, 0.4) is 0 Å². The van der Waals surface area contributed by atoms with Crippen molar-refractivity contribution in [3.05, 3.63) is 62.6 Å². The number of halogens is 2. The molecule has 1 aliphatic rings. The van der Waals surface area contributed by atoms with E-state index in [1.807, 2.05) is 18.2 Å². The number of rotatable bonds is 3. The maximum atomic E-state index is 11.1. The van der Waals surface area contributed by atoms with Crippen LogP contribution in [0.4, 0.5) is 5.69 Å². The zero-order valence-corrected chi connectivity index (χ0v) is 13.4. The zero-order valence-electron chi connectivity index (χ0n) is 11.1. The second-order valence-electron chi connectivity index (χ2n) is 5.04. The molecule has 108 valence electrons. The van der Waals surface area contributed by atoms with Crippen LogP contribution in [0.2, 0.25) is 5.02 Å². The number of benzene rings is 2. The van der Waals surface area contributed by atoms with Gasteiger partial charge < -0.3 is 10.4 Å². The molecule has 2 aromatic carbocycles. The van der Waals surface area contributed by atoms with E-state index in [-0.39, 0.29) is 16.6 Å². The van der Waals surface area contributed by atoms with Crippen LogP contribution in [0.1, 0.15) is 33.9 Å². The van der Waals surface area contributed by atoms with Gasteiger partial charge in [0.15, 0.2) is 0 Å². The molecule has 0 radical (unpaired) electrons. The molecule has 0 amide bonds. The molecule has 0 fully saturated rings. The Kier molecular flexibility index (Phi) is 3.91. The zero-order chi connectivity index (χ0) is 15.0. The first-order valence-corrected chi connectivity index (χ1v) is 7.80. The summed E-state index contributed by atoms with van der Waals surface area (Å²) in [6.07, 6.45) is 2.00. The molecule has 1 atom stereocenters. The molecule has 0 saturated carbocycles. The summed E-state index contributed by atoms with van der Waals surface area (Å²) >= 11 is 9.47. The lowest BCUT2D eigenvalue weighted by molar-refractivity contribution is 0.0697. The topological polar surface area (TPSA) is 49.3 Å². The van der Waals surface area contributed by atoms with E-state index in [9.17, 15) is 4.79 Å². The molecule has 0 aromatic heterocycles. The lowest BCUT2D eigenvalue weighted by Gasteiger charge is -2.16. The molecule has 1 unspecified atom stereocenters. The van der Waals surface area contributed by atoms with E-state index in [4.69, 9.17) is 16.7 Å². The second-order valence-corrected chi connectivity index (χ2v) is 6.30. The maximum absolute atomic E-state index is 11.1. The summed E-state index contributed by atoms with van der Waals surface area (Å²) in [5, 5.41) is 12.8. The minimum Gasteiger partial charge on any atom is -0.478 e. The molecular formula is C16H13BrClNO2. The van der Waals surface area contributed by atoms with E-state index in [1.165, 1.54) is 11.1 Å². The van der Waals surface area contributed by atoms with Gasteiger partial charge >= 0.3 is 5.97 Å². The molecule has 21 heavy (non-hydrogen) atoms. The molecule has 0 bridgehead atoms. The number of anilines is 1. The normalized spacial score (nSPS) is 16.6. The second kappa shape index (κ2) is 5.70. The van der Waals surface area contributed by atoms with Crippen molar-refractivity contribution < 1.29 is 9.90 Å². The summed E-state index contributed by atoms with van der Waals surface area (Å²) in [5.41, 5.74) is 3.47. The average molecular weight is 367 g/mol. The first-order chi connectivity index (χ1) is 10.1. The van der Waals surface area contributed by atoms with Crippen LogP contribution in [0, 0.1) is 0 Å². The first kappa shape index (κ1) is 14.4. The van der Waals surface area contributed by atoms with Crippen molar-refractivity contribution in [3.63, 3.8) is 0 Å². The van der Waals surface area contributed by atoms with Crippen LogP contribution in [0.15, 0.2) is 40.9 Å². The Hall–Kier alpha value is -1.52. The Labute approximate surface area is 136 Å². The van der Waals surface area contributed by atoms with Crippen molar-refractivity contribution in [3.8, 4) is 0 Å². The van der Waals surface area contributed by atoms with Crippen molar-refractivity contribution >= 4 is 39.2 Å². The van der Waals surface area contributed by atoms with E-state index in [0.717, 1.165) is 23.0 Å². The van der Waals surface area contributed by atoms with Crippen LogP contribution in [0.25, 0.3) is 0 Å². The van der Waals surface area contributed by atoms with Crippen molar-refractivity contribution in [2.45, 2.75) is 18.9 Å². The van der Waals surface area contributed by atoms with E-state index in [2.05, 4.69) is 27.3 Å². The van der Waals surface area contributed by atoms with Gasteiger partial charge in [0.1, 0.15) is 0 Å². The SMILES string of the molecule is O=C(O)c1cc(NC2CCc3c(Br)cccc32)ccc1Cl. The number of fused-ring (bicyclic) bond motifs is 1. The molecule has 0 heterocycles. The van der Waals surface area contributed by atoms with Crippen molar-refractivity contribution in [1.29, 1.82) is 0 Å². The Balaban J connectivity index is 1.88. The van der Waals surface area contributed by atoms with Crippen LogP contribution in [-0.2, 0) is 6.42 Å². The summed E-state index contributed by atoms with van der Waals surface area (Å²) < 4.78 is 1.13. The van der Waals surface area contributed by atoms with Crippen LogP contribution < -0.4 is 5.32 Å². The number of nitrogens with one attached hydrogen (secondary N) is 1. The molecule has 5 heteroatoms. The highest BCUT2D eigenvalue weighted by molar-refractivity contribution is 9.10. The molecule has 0 aliphatic heterocycles. The highest BCUT2D eigenvalue weighted by atomic mass is 79.9. The van der Waals surface area contributed by atoms with E-state index in [0.29, 0.717) is 0 Å². The predicted octanol–water partition coefficient (Wildman–Crippen LogP) is 4.90. The molecule has 3 rings (SSSR count). The van der Waals surface area contributed by atoms with Gasteiger partial charge in [-0.3, -0.25) is 0 Å². The van der Waals surface area contributed by atoms with E-state index in [1.54, 1.807) is 12.1 Å². The van der Waals surface area contributed by atoms with Crippen LogP contribution >= 0.6 is 27.5 Å². The number of carbonyl (C=O) groups is 1. The third-order valence-electron chi connectivity index (χ3n) is 3.75. The fourth-order valence-corrected chi connectivity index (χ4v) is 3.52. The van der Waals surface area contributed by atoms with Gasteiger partial charge in [0.2, 0.25) is 0 Å². The smallest absolute Gasteiger partial charge is 0.337 e. The minimum absolute atomic E-state index is 0.120. The molecular weight excluding hydrogens is 354 g/mol. The third-order valence-corrected chi connectivity index (χ3v) is 4.82. The van der Waals surface area contributed by atoms with Gasteiger partial charge in [-0.1, -0.05) is 39.7 Å². The highest BCUT2D eigenvalue weighted by Gasteiger charge is 2.24. The monoisotopic (exact) mass is 365 g/mol. The quantitative estimate of drug-likeness (QED) is 0.812. The number of aromatic carboxylic acids is 1. The van der Waals surface area contributed by atoms with Gasteiger partial charge in [-0.2, -0.15) is 0 Å². The number of hydrogen-bond acceptors (Lipinski definition) is 2. The standard InChI is InChI=1S/C16H13BrClNO2/c17-13-3-1-2-11-10(13)5-7-15(11)19-9-4-6-14(18)12(8-9)16(20)21/h1-4,6,8,15,19H,5,7H2,(H,20,21). The molecule has 2 N–H and O–H groups in total. The maximum Gasteiger partial charge on any atom is 0.337 e.